The quantitative estimate of drug-likeness (QED) is 0.749. The monoisotopic (exact) mass is 218 g/mol. The Labute approximate surface area is 92.7 Å². The Kier molecular flexibility index (Phi) is 3.62. The maximum Gasteiger partial charge on any atom is 0.354 e. The first-order chi connectivity index (χ1) is 7.56. The Hall–Kier alpha value is -2.35. The zero-order valence-electron chi connectivity index (χ0n) is 8.67. The number of carboxylic acid groups (broad SMARTS) is 1. The molecule has 16 heavy (non-hydrogen) atoms. The van der Waals surface area contributed by atoms with E-state index in [9.17, 15) is 9.59 Å². The molecule has 0 aliphatic carbocycles. The Bertz CT molecular complexity index is 463. The summed E-state index contributed by atoms with van der Waals surface area (Å²) in [5, 5.41) is 8.71. The van der Waals surface area contributed by atoms with Gasteiger partial charge in [-0.1, -0.05) is 5.92 Å². The van der Waals surface area contributed by atoms with Crippen molar-refractivity contribution in [3.63, 3.8) is 0 Å². The Balaban J connectivity index is 2.97. The molecular formula is C11H10N2O3. The molecule has 0 spiro atoms. The van der Waals surface area contributed by atoms with Crippen molar-refractivity contribution in [2.75, 3.05) is 13.6 Å². The van der Waals surface area contributed by atoms with E-state index >= 15 is 0 Å². The van der Waals surface area contributed by atoms with Gasteiger partial charge in [-0.3, -0.25) is 4.79 Å². The standard InChI is InChI=1S/C11H10N2O3/c1-3-6-13(2)10(14)8-4-5-12-9(7-8)11(15)16/h1,4-5,7H,6H2,2H3,(H,15,16). The lowest BCUT2D eigenvalue weighted by molar-refractivity contribution is 0.0690. The van der Waals surface area contributed by atoms with E-state index in [-0.39, 0.29) is 23.7 Å². The van der Waals surface area contributed by atoms with E-state index < -0.39 is 5.97 Å². The summed E-state index contributed by atoms with van der Waals surface area (Å²) in [6.45, 7) is 0.170. The third kappa shape index (κ3) is 2.58. The lowest BCUT2D eigenvalue weighted by Gasteiger charge is -2.13. The minimum atomic E-state index is -1.17. The molecule has 0 saturated heterocycles. The summed E-state index contributed by atoms with van der Waals surface area (Å²) >= 11 is 0. The van der Waals surface area contributed by atoms with Crippen molar-refractivity contribution in [2.24, 2.45) is 0 Å². The largest absolute Gasteiger partial charge is 0.477 e. The van der Waals surface area contributed by atoms with Crippen LogP contribution in [0.1, 0.15) is 20.8 Å². The first-order valence-corrected chi connectivity index (χ1v) is 4.44. The highest BCUT2D eigenvalue weighted by atomic mass is 16.4. The number of aromatic carboxylic acids is 1. The predicted molar refractivity (Wildman–Crippen MR) is 57.0 cm³/mol. The van der Waals surface area contributed by atoms with E-state index in [0.29, 0.717) is 0 Å². The number of carboxylic acids is 1. The second kappa shape index (κ2) is 4.94. The molecule has 0 aromatic carbocycles. The molecule has 0 aliphatic heterocycles. The van der Waals surface area contributed by atoms with Gasteiger partial charge in [-0.2, -0.15) is 0 Å². The van der Waals surface area contributed by atoms with Crippen LogP contribution in [0.15, 0.2) is 18.3 Å². The van der Waals surface area contributed by atoms with Gasteiger partial charge in [0.15, 0.2) is 0 Å². The predicted octanol–water partition coefficient (Wildman–Crippen LogP) is 0.485. The molecule has 0 atom stereocenters. The Morgan fingerprint density at radius 3 is 2.88 bits per heavy atom. The van der Waals surface area contributed by atoms with Crippen LogP contribution in [0.4, 0.5) is 0 Å². The van der Waals surface area contributed by atoms with Crippen molar-refractivity contribution >= 4 is 11.9 Å². The number of amides is 1. The average molecular weight is 218 g/mol. The lowest BCUT2D eigenvalue weighted by Crippen LogP contribution is -2.27. The Morgan fingerprint density at radius 2 is 2.31 bits per heavy atom. The van der Waals surface area contributed by atoms with Gasteiger partial charge in [-0.15, -0.1) is 6.42 Å². The highest BCUT2D eigenvalue weighted by molar-refractivity contribution is 5.96. The second-order valence-electron chi connectivity index (χ2n) is 3.10. The van der Waals surface area contributed by atoms with Gasteiger partial charge in [0, 0.05) is 18.8 Å². The summed E-state index contributed by atoms with van der Waals surface area (Å²) in [4.78, 5) is 27.3. The zero-order valence-corrected chi connectivity index (χ0v) is 8.67. The molecule has 5 heteroatoms. The van der Waals surface area contributed by atoms with E-state index in [1.54, 1.807) is 7.05 Å². The fraction of sp³-hybridized carbons (Fsp3) is 0.182. The van der Waals surface area contributed by atoms with Crippen LogP contribution in [0.3, 0.4) is 0 Å². The highest BCUT2D eigenvalue weighted by Gasteiger charge is 2.13. The van der Waals surface area contributed by atoms with Crippen molar-refractivity contribution in [3.05, 3.63) is 29.6 Å². The third-order valence-corrected chi connectivity index (χ3v) is 1.90. The highest BCUT2D eigenvalue weighted by Crippen LogP contribution is 2.05. The molecule has 0 bridgehead atoms. The Morgan fingerprint density at radius 1 is 1.62 bits per heavy atom. The summed E-state index contributed by atoms with van der Waals surface area (Å²) in [5.74, 6) is 0.826. The number of terminal acetylenes is 1. The minimum Gasteiger partial charge on any atom is -0.477 e. The van der Waals surface area contributed by atoms with Crippen LogP contribution in [-0.4, -0.2) is 40.5 Å². The van der Waals surface area contributed by atoms with Crippen LogP contribution in [0.5, 0.6) is 0 Å². The van der Waals surface area contributed by atoms with E-state index in [0.717, 1.165) is 0 Å². The van der Waals surface area contributed by atoms with Gasteiger partial charge < -0.3 is 10.0 Å². The molecule has 1 N–H and O–H groups in total. The van der Waals surface area contributed by atoms with Crippen LogP contribution in [-0.2, 0) is 0 Å². The number of hydrogen-bond acceptors (Lipinski definition) is 3. The normalized spacial score (nSPS) is 9.25. The molecule has 1 aromatic rings. The summed E-state index contributed by atoms with van der Waals surface area (Å²) in [5.41, 5.74) is 0.0881. The fourth-order valence-electron chi connectivity index (χ4n) is 1.11. The zero-order chi connectivity index (χ0) is 12.1. The van der Waals surface area contributed by atoms with E-state index in [1.807, 2.05) is 0 Å². The van der Waals surface area contributed by atoms with Gasteiger partial charge in [0.2, 0.25) is 0 Å². The minimum absolute atomic E-state index is 0.167. The van der Waals surface area contributed by atoms with Gasteiger partial charge in [0.05, 0.1) is 6.54 Å². The van der Waals surface area contributed by atoms with E-state index in [1.165, 1.54) is 23.2 Å². The number of aromatic nitrogens is 1. The SMILES string of the molecule is C#CCN(C)C(=O)c1ccnc(C(=O)O)c1. The molecule has 0 unspecified atom stereocenters. The van der Waals surface area contributed by atoms with E-state index in [4.69, 9.17) is 11.5 Å². The summed E-state index contributed by atoms with van der Waals surface area (Å²) < 4.78 is 0. The maximum absolute atomic E-state index is 11.7. The van der Waals surface area contributed by atoms with Crippen LogP contribution in [0.2, 0.25) is 0 Å². The summed E-state index contributed by atoms with van der Waals surface area (Å²) in [7, 11) is 1.54. The van der Waals surface area contributed by atoms with Gasteiger partial charge in [-0.05, 0) is 12.1 Å². The number of nitrogens with zero attached hydrogens (tertiary/aromatic N) is 2. The molecule has 1 amide bonds. The van der Waals surface area contributed by atoms with Gasteiger partial charge in [-0.25, -0.2) is 9.78 Å². The summed E-state index contributed by atoms with van der Waals surface area (Å²) in [6.07, 6.45) is 6.35. The van der Waals surface area contributed by atoms with Crippen LogP contribution >= 0.6 is 0 Å². The van der Waals surface area contributed by atoms with Gasteiger partial charge in [0.1, 0.15) is 5.69 Å². The first kappa shape index (κ1) is 11.7. The molecule has 82 valence electrons. The van der Waals surface area contributed by atoms with Crippen molar-refractivity contribution in [2.45, 2.75) is 0 Å². The number of carbonyl (C=O) groups is 2. The van der Waals surface area contributed by atoms with E-state index in [2.05, 4.69) is 10.9 Å². The van der Waals surface area contributed by atoms with Crippen LogP contribution in [0.25, 0.3) is 0 Å². The number of carbonyl (C=O) groups excluding carboxylic acids is 1. The van der Waals surface area contributed by atoms with Gasteiger partial charge >= 0.3 is 5.97 Å². The first-order valence-electron chi connectivity index (χ1n) is 4.44. The third-order valence-electron chi connectivity index (χ3n) is 1.90. The number of rotatable bonds is 3. The smallest absolute Gasteiger partial charge is 0.354 e. The van der Waals surface area contributed by atoms with Crippen molar-refractivity contribution in [3.8, 4) is 12.3 Å². The topological polar surface area (TPSA) is 70.5 Å². The summed E-state index contributed by atoms with van der Waals surface area (Å²) in [6, 6.07) is 2.67. The second-order valence-corrected chi connectivity index (χ2v) is 3.10. The fourth-order valence-corrected chi connectivity index (χ4v) is 1.11. The van der Waals surface area contributed by atoms with Gasteiger partial charge in [0.25, 0.3) is 5.91 Å². The molecule has 0 radical (unpaired) electrons. The van der Waals surface area contributed by atoms with Crippen LogP contribution < -0.4 is 0 Å². The van der Waals surface area contributed by atoms with Crippen LogP contribution in [0, 0.1) is 12.3 Å². The molecule has 0 fully saturated rings. The van der Waals surface area contributed by atoms with Crippen molar-refractivity contribution in [1.29, 1.82) is 0 Å². The average Bonchev–Trinajstić information content (AvgIpc) is 2.28. The molecule has 0 aliphatic rings. The molecule has 0 saturated carbocycles. The number of pyridine rings is 1. The molecule has 5 nitrogen and oxygen atoms in total. The maximum atomic E-state index is 11.7. The van der Waals surface area contributed by atoms with Crippen molar-refractivity contribution in [1.82, 2.24) is 9.88 Å². The molecule has 1 aromatic heterocycles. The molecular weight excluding hydrogens is 208 g/mol. The molecule has 1 rings (SSSR count). The van der Waals surface area contributed by atoms with Crippen molar-refractivity contribution < 1.29 is 14.7 Å². The molecule has 1 heterocycles. The number of hydrogen-bond donors (Lipinski definition) is 1. The lowest BCUT2D eigenvalue weighted by atomic mass is 10.2.